The first-order chi connectivity index (χ1) is 7.93. The first-order valence-electron chi connectivity index (χ1n) is 4.52. The van der Waals surface area contributed by atoms with Gasteiger partial charge in [0, 0.05) is 23.6 Å². The molecular weight excluding hydrogens is 270 g/mol. The van der Waals surface area contributed by atoms with Crippen LogP contribution in [0.5, 0.6) is 0 Å². The zero-order chi connectivity index (χ0) is 12.6. The number of amides is 1. The molecule has 0 aromatic carbocycles. The summed E-state index contributed by atoms with van der Waals surface area (Å²) in [6.07, 6.45) is 0.933. The number of hydrogen-bond acceptors (Lipinski definition) is 6. The number of carbonyl (C=O) groups excluding carboxylic acids is 1. The highest BCUT2D eigenvalue weighted by Gasteiger charge is 2.40. The van der Waals surface area contributed by atoms with Crippen molar-refractivity contribution in [2.24, 2.45) is 0 Å². The van der Waals surface area contributed by atoms with Crippen LogP contribution in [-0.2, 0) is 13.8 Å². The van der Waals surface area contributed by atoms with Crippen molar-refractivity contribution < 1.29 is 17.7 Å². The second-order valence-corrected chi connectivity index (χ2v) is 6.37. The molecule has 0 N–H and O–H groups in total. The highest BCUT2D eigenvalue weighted by atomic mass is 35.7. The van der Waals surface area contributed by atoms with Crippen LogP contribution in [0.2, 0.25) is 0 Å². The van der Waals surface area contributed by atoms with Gasteiger partial charge in [-0.05, 0) is 0 Å². The minimum Gasteiger partial charge on any atom is -0.337 e. The molecule has 9 heteroatoms. The van der Waals surface area contributed by atoms with Crippen LogP contribution in [0, 0.1) is 11.3 Å². The Morgan fingerprint density at radius 1 is 1.65 bits per heavy atom. The number of rotatable bonds is 2. The zero-order valence-corrected chi connectivity index (χ0v) is 9.90. The van der Waals surface area contributed by atoms with Gasteiger partial charge in [-0.25, -0.2) is 8.42 Å². The number of anilines is 1. The summed E-state index contributed by atoms with van der Waals surface area (Å²) in [5.74, 6) is -0.507. The van der Waals surface area contributed by atoms with Crippen molar-refractivity contribution in [3.05, 3.63) is 11.8 Å². The Bertz CT molecular complexity index is 603. The second-order valence-electron chi connectivity index (χ2n) is 3.46. The summed E-state index contributed by atoms with van der Waals surface area (Å²) in [5.41, 5.74) is 0.0750. The summed E-state index contributed by atoms with van der Waals surface area (Å²) in [7, 11) is 1.37. The van der Waals surface area contributed by atoms with E-state index in [0.717, 1.165) is 11.1 Å². The van der Waals surface area contributed by atoms with Gasteiger partial charge in [0.25, 0.3) is 5.88 Å². The maximum Gasteiger partial charge on any atom is 0.251 e. The van der Waals surface area contributed by atoms with E-state index in [0.29, 0.717) is 0 Å². The lowest BCUT2D eigenvalue weighted by Crippen LogP contribution is -2.26. The van der Waals surface area contributed by atoms with Crippen LogP contribution in [0.4, 0.5) is 5.88 Å². The molecule has 0 saturated carbocycles. The predicted octanol–water partition coefficient (Wildman–Crippen LogP) is 0.220. The Balaban J connectivity index is 2.32. The first-order valence-corrected chi connectivity index (χ1v) is 6.89. The maximum atomic E-state index is 11.6. The molecule has 0 spiro atoms. The molecule has 17 heavy (non-hydrogen) atoms. The molecule has 1 aromatic rings. The van der Waals surface area contributed by atoms with Crippen LogP contribution in [0.15, 0.2) is 10.7 Å². The van der Waals surface area contributed by atoms with Gasteiger partial charge < -0.3 is 4.52 Å². The van der Waals surface area contributed by atoms with Crippen LogP contribution < -0.4 is 4.90 Å². The van der Waals surface area contributed by atoms with Crippen molar-refractivity contribution in [2.45, 2.75) is 11.7 Å². The highest BCUT2D eigenvalue weighted by molar-refractivity contribution is 8.14. The maximum absolute atomic E-state index is 11.6. The summed E-state index contributed by atoms with van der Waals surface area (Å²) in [4.78, 5) is 12.7. The van der Waals surface area contributed by atoms with Gasteiger partial charge in [0.1, 0.15) is 16.9 Å². The van der Waals surface area contributed by atoms with Crippen LogP contribution in [0.25, 0.3) is 0 Å². The Morgan fingerprint density at radius 3 is 2.88 bits per heavy atom. The van der Waals surface area contributed by atoms with Crippen molar-refractivity contribution in [3.63, 3.8) is 0 Å². The van der Waals surface area contributed by atoms with E-state index in [1.807, 2.05) is 0 Å². The molecule has 2 rings (SSSR count). The van der Waals surface area contributed by atoms with Crippen molar-refractivity contribution in [2.75, 3.05) is 11.4 Å². The summed E-state index contributed by atoms with van der Waals surface area (Å²) in [6.45, 7) is -0.130. The minimum atomic E-state index is -3.81. The van der Waals surface area contributed by atoms with E-state index in [9.17, 15) is 13.2 Å². The zero-order valence-electron chi connectivity index (χ0n) is 8.33. The Hall–Kier alpha value is -1.59. The topological polar surface area (TPSA) is 104 Å². The minimum absolute atomic E-state index is 0.0414. The molecule has 1 saturated heterocycles. The fourth-order valence-electron chi connectivity index (χ4n) is 1.56. The van der Waals surface area contributed by atoms with Crippen molar-refractivity contribution in [1.29, 1.82) is 5.26 Å². The summed E-state index contributed by atoms with van der Waals surface area (Å²) >= 11 is 0. The third-order valence-electron chi connectivity index (χ3n) is 2.40. The number of nitrogens with zero attached hydrogens (tertiary/aromatic N) is 3. The fourth-order valence-corrected chi connectivity index (χ4v) is 2.59. The smallest absolute Gasteiger partial charge is 0.251 e. The second kappa shape index (κ2) is 4.01. The van der Waals surface area contributed by atoms with E-state index < -0.39 is 20.2 Å². The number of hydrogen-bond donors (Lipinski definition) is 0. The highest BCUT2D eigenvalue weighted by Crippen LogP contribution is 2.28. The van der Waals surface area contributed by atoms with Crippen LogP contribution >= 0.6 is 10.7 Å². The molecular formula is C8H6ClN3O4S. The normalized spacial score (nSPS) is 20.6. The van der Waals surface area contributed by atoms with Gasteiger partial charge >= 0.3 is 0 Å². The number of carbonyl (C=O) groups is 1. The quantitative estimate of drug-likeness (QED) is 0.715. The SMILES string of the molecule is N#Cc1cnoc1N1CC(S(=O)(=O)Cl)CC1=O. The number of aromatic nitrogens is 1. The van der Waals surface area contributed by atoms with Gasteiger partial charge in [0.15, 0.2) is 0 Å². The molecule has 1 unspecified atom stereocenters. The molecule has 1 aliphatic heterocycles. The van der Waals surface area contributed by atoms with Crippen molar-refractivity contribution in [3.8, 4) is 6.07 Å². The van der Waals surface area contributed by atoms with Crippen molar-refractivity contribution >= 4 is 31.5 Å². The average Bonchev–Trinajstić information content (AvgIpc) is 2.81. The lowest BCUT2D eigenvalue weighted by molar-refractivity contribution is -0.117. The molecule has 1 aromatic heterocycles. The largest absolute Gasteiger partial charge is 0.337 e. The molecule has 90 valence electrons. The average molecular weight is 276 g/mol. The van der Waals surface area contributed by atoms with Gasteiger partial charge in [0.05, 0.1) is 6.20 Å². The molecule has 1 atom stereocenters. The first kappa shape index (κ1) is 11.9. The van der Waals surface area contributed by atoms with Gasteiger partial charge in [-0.3, -0.25) is 9.69 Å². The Morgan fingerprint density at radius 2 is 2.35 bits per heavy atom. The fraction of sp³-hybridized carbons (Fsp3) is 0.375. The number of halogens is 1. The van der Waals surface area contributed by atoms with Crippen LogP contribution in [0.1, 0.15) is 12.0 Å². The molecule has 7 nitrogen and oxygen atoms in total. The van der Waals surface area contributed by atoms with E-state index >= 15 is 0 Å². The van der Waals surface area contributed by atoms with Gasteiger partial charge in [-0.15, -0.1) is 0 Å². The van der Waals surface area contributed by atoms with E-state index in [2.05, 4.69) is 5.16 Å². The molecule has 1 fully saturated rings. The standard InChI is InChI=1S/C8H6ClN3O4S/c9-17(14,15)6-1-7(13)12(4-6)8-5(2-10)3-11-16-8/h3,6H,1,4H2. The summed E-state index contributed by atoms with van der Waals surface area (Å²) in [5, 5.41) is 11.1. The van der Waals surface area contributed by atoms with E-state index in [1.165, 1.54) is 0 Å². The molecule has 0 bridgehead atoms. The molecule has 1 aliphatic rings. The van der Waals surface area contributed by atoms with E-state index in [4.69, 9.17) is 20.5 Å². The molecule has 1 amide bonds. The van der Waals surface area contributed by atoms with E-state index in [1.54, 1.807) is 6.07 Å². The summed E-state index contributed by atoms with van der Waals surface area (Å²) < 4.78 is 27.0. The lowest BCUT2D eigenvalue weighted by atomic mass is 10.3. The Labute approximate surface area is 101 Å². The van der Waals surface area contributed by atoms with Gasteiger partial charge in [-0.1, -0.05) is 5.16 Å². The van der Waals surface area contributed by atoms with E-state index in [-0.39, 0.29) is 24.4 Å². The third-order valence-corrected chi connectivity index (χ3v) is 4.27. The molecule has 2 heterocycles. The Kier molecular flexibility index (Phi) is 2.81. The number of nitriles is 1. The van der Waals surface area contributed by atoms with Gasteiger partial charge in [0.2, 0.25) is 15.0 Å². The van der Waals surface area contributed by atoms with Crippen molar-refractivity contribution in [1.82, 2.24) is 5.16 Å². The molecule has 0 radical (unpaired) electrons. The predicted molar refractivity (Wildman–Crippen MR) is 56.7 cm³/mol. The van der Waals surface area contributed by atoms with Gasteiger partial charge in [-0.2, -0.15) is 5.26 Å². The summed E-state index contributed by atoms with van der Waals surface area (Å²) in [6, 6.07) is 1.79. The molecule has 0 aliphatic carbocycles. The van der Waals surface area contributed by atoms with Crippen LogP contribution in [0.3, 0.4) is 0 Å². The monoisotopic (exact) mass is 275 g/mol. The van der Waals surface area contributed by atoms with Crippen LogP contribution in [-0.4, -0.2) is 31.3 Å². The third kappa shape index (κ3) is 2.11. The lowest BCUT2D eigenvalue weighted by Gasteiger charge is -2.11.